The molecule has 0 spiro atoms. The quantitative estimate of drug-likeness (QED) is 0.850. The number of aryl methyl sites for hydroxylation is 1. The van der Waals surface area contributed by atoms with Crippen LogP contribution in [0, 0.1) is 6.92 Å². The molecular formula is C13H14N4O. The van der Waals surface area contributed by atoms with Crippen molar-refractivity contribution in [2.75, 3.05) is 5.73 Å². The first-order valence-electron chi connectivity index (χ1n) is 5.56. The third-order valence-electron chi connectivity index (χ3n) is 2.53. The largest absolute Gasteiger partial charge is 0.398 e. The average Bonchev–Trinajstić information content (AvgIpc) is 2.38. The van der Waals surface area contributed by atoms with Gasteiger partial charge in [0.05, 0.1) is 5.56 Å². The maximum Gasteiger partial charge on any atom is 0.255 e. The van der Waals surface area contributed by atoms with Crippen LogP contribution in [0.25, 0.3) is 0 Å². The van der Waals surface area contributed by atoms with Gasteiger partial charge in [0.15, 0.2) is 0 Å². The van der Waals surface area contributed by atoms with Crippen molar-refractivity contribution < 1.29 is 4.79 Å². The lowest BCUT2D eigenvalue weighted by Gasteiger charge is -2.06. The SMILES string of the molecule is Cc1ccc(CNC(=O)c2cnccc2N)cn1. The van der Waals surface area contributed by atoms with E-state index in [0.29, 0.717) is 17.8 Å². The lowest BCUT2D eigenvalue weighted by atomic mass is 10.2. The summed E-state index contributed by atoms with van der Waals surface area (Å²) >= 11 is 0. The van der Waals surface area contributed by atoms with Gasteiger partial charge in [-0.3, -0.25) is 14.8 Å². The number of rotatable bonds is 3. The molecule has 0 saturated heterocycles. The third kappa shape index (κ3) is 2.82. The van der Waals surface area contributed by atoms with Crippen LogP contribution in [0.5, 0.6) is 0 Å². The molecule has 5 nitrogen and oxygen atoms in total. The Bertz CT molecular complexity index is 551. The molecule has 2 aromatic rings. The molecule has 0 fully saturated rings. The number of nitrogen functional groups attached to an aromatic ring is 1. The van der Waals surface area contributed by atoms with Crippen LogP contribution >= 0.6 is 0 Å². The highest BCUT2D eigenvalue weighted by molar-refractivity contribution is 5.98. The van der Waals surface area contributed by atoms with Crippen molar-refractivity contribution in [2.45, 2.75) is 13.5 Å². The zero-order chi connectivity index (χ0) is 13.0. The number of anilines is 1. The number of amides is 1. The molecule has 92 valence electrons. The molecule has 2 rings (SSSR count). The zero-order valence-corrected chi connectivity index (χ0v) is 10.1. The number of aromatic nitrogens is 2. The van der Waals surface area contributed by atoms with Crippen molar-refractivity contribution in [2.24, 2.45) is 0 Å². The summed E-state index contributed by atoms with van der Waals surface area (Å²) in [7, 11) is 0. The Labute approximate surface area is 105 Å². The summed E-state index contributed by atoms with van der Waals surface area (Å²) in [5.74, 6) is -0.235. The van der Waals surface area contributed by atoms with Crippen molar-refractivity contribution in [3.05, 3.63) is 53.6 Å². The number of nitrogens with two attached hydrogens (primary N) is 1. The highest BCUT2D eigenvalue weighted by Crippen LogP contribution is 2.08. The first kappa shape index (κ1) is 12.0. The fraction of sp³-hybridized carbons (Fsp3) is 0.154. The van der Waals surface area contributed by atoms with Crippen LogP contribution in [-0.4, -0.2) is 15.9 Å². The second-order valence-electron chi connectivity index (χ2n) is 3.95. The van der Waals surface area contributed by atoms with Crippen LogP contribution in [0.4, 0.5) is 5.69 Å². The van der Waals surface area contributed by atoms with Crippen LogP contribution in [0.1, 0.15) is 21.6 Å². The highest BCUT2D eigenvalue weighted by atomic mass is 16.1. The summed E-state index contributed by atoms with van der Waals surface area (Å²) in [6.07, 6.45) is 4.75. The highest BCUT2D eigenvalue weighted by Gasteiger charge is 2.08. The number of carbonyl (C=O) groups is 1. The van der Waals surface area contributed by atoms with Crippen molar-refractivity contribution in [3.8, 4) is 0 Å². The Morgan fingerprint density at radius 1 is 1.33 bits per heavy atom. The maximum absolute atomic E-state index is 11.9. The van der Waals surface area contributed by atoms with Gasteiger partial charge in [0.1, 0.15) is 0 Å². The van der Waals surface area contributed by atoms with Gasteiger partial charge in [-0.2, -0.15) is 0 Å². The number of carbonyl (C=O) groups excluding carboxylic acids is 1. The van der Waals surface area contributed by atoms with Crippen LogP contribution in [0.2, 0.25) is 0 Å². The van der Waals surface area contributed by atoms with E-state index >= 15 is 0 Å². The van der Waals surface area contributed by atoms with E-state index in [0.717, 1.165) is 11.3 Å². The molecule has 0 radical (unpaired) electrons. The number of nitrogens with one attached hydrogen (secondary N) is 1. The van der Waals surface area contributed by atoms with Crippen LogP contribution in [0.3, 0.4) is 0 Å². The molecule has 0 saturated carbocycles. The molecule has 18 heavy (non-hydrogen) atoms. The van der Waals surface area contributed by atoms with Gasteiger partial charge < -0.3 is 11.1 Å². The third-order valence-corrected chi connectivity index (χ3v) is 2.53. The summed E-state index contributed by atoms with van der Waals surface area (Å²) in [4.78, 5) is 19.9. The second kappa shape index (κ2) is 5.27. The van der Waals surface area contributed by atoms with E-state index in [2.05, 4.69) is 15.3 Å². The molecule has 1 amide bonds. The first-order chi connectivity index (χ1) is 8.66. The second-order valence-corrected chi connectivity index (χ2v) is 3.95. The van der Waals surface area contributed by atoms with Gasteiger partial charge in [0, 0.05) is 36.5 Å². The van der Waals surface area contributed by atoms with Crippen molar-refractivity contribution in [3.63, 3.8) is 0 Å². The van der Waals surface area contributed by atoms with Crippen molar-refractivity contribution >= 4 is 11.6 Å². The first-order valence-corrected chi connectivity index (χ1v) is 5.56. The number of hydrogen-bond donors (Lipinski definition) is 2. The molecule has 0 aromatic carbocycles. The monoisotopic (exact) mass is 242 g/mol. The van der Waals surface area contributed by atoms with Crippen molar-refractivity contribution in [1.29, 1.82) is 0 Å². The summed E-state index contributed by atoms with van der Waals surface area (Å²) in [5, 5.41) is 2.78. The summed E-state index contributed by atoms with van der Waals surface area (Å²) in [6.45, 7) is 2.33. The lowest BCUT2D eigenvalue weighted by molar-refractivity contribution is 0.0951. The molecule has 0 atom stereocenters. The smallest absolute Gasteiger partial charge is 0.255 e. The minimum absolute atomic E-state index is 0.235. The van der Waals surface area contributed by atoms with Gasteiger partial charge in [0.2, 0.25) is 0 Å². The molecule has 2 aromatic heterocycles. The molecular weight excluding hydrogens is 228 g/mol. The zero-order valence-electron chi connectivity index (χ0n) is 10.1. The average molecular weight is 242 g/mol. The van der Waals surface area contributed by atoms with E-state index in [9.17, 15) is 4.79 Å². The fourth-order valence-electron chi connectivity index (χ4n) is 1.48. The van der Waals surface area contributed by atoms with E-state index in [1.165, 1.54) is 6.20 Å². The maximum atomic E-state index is 11.9. The Morgan fingerprint density at radius 2 is 2.17 bits per heavy atom. The Hall–Kier alpha value is -2.43. The van der Waals surface area contributed by atoms with Gasteiger partial charge in [-0.1, -0.05) is 6.07 Å². The van der Waals surface area contributed by atoms with E-state index in [-0.39, 0.29) is 5.91 Å². The molecule has 0 unspecified atom stereocenters. The topological polar surface area (TPSA) is 80.9 Å². The van der Waals surface area contributed by atoms with Crippen LogP contribution in [0.15, 0.2) is 36.8 Å². The van der Waals surface area contributed by atoms with Crippen LogP contribution in [-0.2, 0) is 6.54 Å². The summed E-state index contributed by atoms with van der Waals surface area (Å²) in [5.41, 5.74) is 8.39. The van der Waals surface area contributed by atoms with Gasteiger partial charge in [-0.15, -0.1) is 0 Å². The van der Waals surface area contributed by atoms with Gasteiger partial charge in [0.25, 0.3) is 5.91 Å². The number of hydrogen-bond acceptors (Lipinski definition) is 4. The molecule has 3 N–H and O–H groups in total. The van der Waals surface area contributed by atoms with Gasteiger partial charge in [-0.05, 0) is 24.6 Å². The minimum atomic E-state index is -0.235. The molecule has 5 heteroatoms. The minimum Gasteiger partial charge on any atom is -0.398 e. The summed E-state index contributed by atoms with van der Waals surface area (Å²) < 4.78 is 0. The Kier molecular flexibility index (Phi) is 3.52. The fourth-order valence-corrected chi connectivity index (χ4v) is 1.48. The molecule has 0 bridgehead atoms. The molecule has 2 heterocycles. The van der Waals surface area contributed by atoms with Gasteiger partial charge >= 0.3 is 0 Å². The van der Waals surface area contributed by atoms with E-state index in [1.54, 1.807) is 18.5 Å². The standard InChI is InChI=1S/C13H14N4O/c1-9-2-3-10(6-16-9)7-17-13(18)11-8-15-5-4-12(11)14/h2-6,8H,7H2,1H3,(H2,14,15)(H,17,18). The predicted octanol–water partition coefficient (Wildman–Crippen LogP) is 1.30. The molecule has 0 aliphatic heterocycles. The van der Waals surface area contributed by atoms with E-state index in [1.807, 2.05) is 19.1 Å². The van der Waals surface area contributed by atoms with Gasteiger partial charge in [-0.25, -0.2) is 0 Å². The van der Waals surface area contributed by atoms with Crippen molar-refractivity contribution in [1.82, 2.24) is 15.3 Å². The molecule has 0 aliphatic rings. The lowest BCUT2D eigenvalue weighted by Crippen LogP contribution is -2.24. The number of pyridine rings is 2. The predicted molar refractivity (Wildman–Crippen MR) is 68.8 cm³/mol. The number of nitrogens with zero attached hydrogens (tertiary/aromatic N) is 2. The van der Waals surface area contributed by atoms with E-state index < -0.39 is 0 Å². The normalized spacial score (nSPS) is 10.1. The Balaban J connectivity index is 2.01. The van der Waals surface area contributed by atoms with Crippen LogP contribution < -0.4 is 11.1 Å². The summed E-state index contributed by atoms with van der Waals surface area (Å²) in [6, 6.07) is 5.43. The van der Waals surface area contributed by atoms with E-state index in [4.69, 9.17) is 5.73 Å². The Morgan fingerprint density at radius 3 is 2.83 bits per heavy atom. The molecule has 0 aliphatic carbocycles.